The lowest BCUT2D eigenvalue weighted by molar-refractivity contribution is -0.122. The van der Waals surface area contributed by atoms with Gasteiger partial charge in [0, 0.05) is 29.3 Å². The molecule has 2 unspecified atom stereocenters. The molecule has 1 aliphatic rings. The van der Waals surface area contributed by atoms with Gasteiger partial charge < -0.3 is 0 Å². The largest absolute Gasteiger partial charge is 0.273 e. The number of aromatic nitrogens is 1. The molecule has 0 spiro atoms. The van der Waals surface area contributed by atoms with Gasteiger partial charge in [0.1, 0.15) is 0 Å². The van der Waals surface area contributed by atoms with Crippen LogP contribution in [0.2, 0.25) is 0 Å². The van der Waals surface area contributed by atoms with Crippen LogP contribution in [0, 0.1) is 5.92 Å². The lowest BCUT2D eigenvalue weighted by Gasteiger charge is -2.04. The summed E-state index contributed by atoms with van der Waals surface area (Å²) in [6.07, 6.45) is 6.15. The van der Waals surface area contributed by atoms with Crippen LogP contribution in [-0.2, 0) is 4.79 Å². The molecule has 0 bridgehead atoms. The highest BCUT2D eigenvalue weighted by atomic mass is 16.2. The Morgan fingerprint density at radius 1 is 0.933 bits per heavy atom. The molecule has 4 nitrogen and oxygen atoms in total. The van der Waals surface area contributed by atoms with Crippen LogP contribution in [0.3, 0.4) is 0 Å². The van der Waals surface area contributed by atoms with Gasteiger partial charge in [0.2, 0.25) is 5.91 Å². The topological polar surface area (TPSA) is 54.4 Å². The zero-order valence-electron chi connectivity index (χ0n) is 16.4. The van der Waals surface area contributed by atoms with Gasteiger partial charge >= 0.3 is 0 Å². The zero-order chi connectivity index (χ0) is 20.3. The number of hydrazone groups is 1. The Balaban J connectivity index is 1.22. The molecule has 30 heavy (non-hydrogen) atoms. The third kappa shape index (κ3) is 3.72. The predicted octanol–water partition coefficient (Wildman–Crippen LogP) is 5.16. The van der Waals surface area contributed by atoms with Crippen LogP contribution in [-0.4, -0.2) is 17.1 Å². The summed E-state index contributed by atoms with van der Waals surface area (Å²) >= 11 is 0. The molecular formula is C26H21N3O. The number of carbonyl (C=O) groups excluding carboxylic acids is 1. The van der Waals surface area contributed by atoms with Crippen LogP contribution in [0.4, 0.5) is 0 Å². The Kier molecular flexibility index (Phi) is 4.81. The summed E-state index contributed by atoms with van der Waals surface area (Å²) in [6, 6.07) is 26.7. The number of hydrogen-bond acceptors (Lipinski definition) is 3. The Morgan fingerprint density at radius 2 is 1.73 bits per heavy atom. The minimum Gasteiger partial charge on any atom is -0.273 e. The van der Waals surface area contributed by atoms with Crippen molar-refractivity contribution in [2.75, 3.05) is 0 Å². The highest BCUT2D eigenvalue weighted by Gasteiger charge is 2.43. The van der Waals surface area contributed by atoms with Crippen LogP contribution in [0.25, 0.3) is 21.9 Å². The number of carbonyl (C=O) groups is 1. The summed E-state index contributed by atoms with van der Waals surface area (Å²) in [6.45, 7) is 0. The third-order valence-electron chi connectivity index (χ3n) is 5.67. The summed E-state index contributed by atoms with van der Waals surface area (Å²) in [5.41, 5.74) is 7.27. The standard InChI is InChI=1S/C26H21N3O/c30-26(29-28-17-22-8-4-7-21-16-27-14-13-23(21)22)25-15-24(25)20-11-9-19(10-12-20)18-5-2-1-3-6-18/h1-14,16-17,24-25H,15H2,(H,29,30). The van der Waals surface area contributed by atoms with Crippen molar-refractivity contribution in [3.63, 3.8) is 0 Å². The fourth-order valence-corrected chi connectivity index (χ4v) is 3.92. The van der Waals surface area contributed by atoms with Crippen LogP contribution in [0.5, 0.6) is 0 Å². The van der Waals surface area contributed by atoms with Crippen molar-refractivity contribution < 1.29 is 4.79 Å². The normalized spacial score (nSPS) is 17.9. The van der Waals surface area contributed by atoms with E-state index in [4.69, 9.17) is 0 Å². The summed E-state index contributed by atoms with van der Waals surface area (Å²) in [5.74, 6) is 0.236. The third-order valence-corrected chi connectivity index (χ3v) is 5.67. The molecule has 1 N–H and O–H groups in total. The number of nitrogens with zero attached hydrogens (tertiary/aromatic N) is 2. The van der Waals surface area contributed by atoms with Crippen LogP contribution in [0.15, 0.2) is 96.4 Å². The van der Waals surface area contributed by atoms with E-state index < -0.39 is 0 Å². The Morgan fingerprint density at radius 3 is 2.57 bits per heavy atom. The number of fused-ring (bicyclic) bond motifs is 1. The first kappa shape index (κ1) is 18.3. The maximum Gasteiger partial charge on any atom is 0.243 e. The SMILES string of the molecule is O=C(NN=Cc1cccc2cnccc12)C1CC1c1ccc(-c2ccccc2)cc1. The highest BCUT2D eigenvalue weighted by molar-refractivity contribution is 5.99. The van der Waals surface area contributed by atoms with Crippen molar-refractivity contribution in [2.24, 2.45) is 11.0 Å². The molecule has 1 saturated carbocycles. The van der Waals surface area contributed by atoms with Crippen molar-refractivity contribution in [2.45, 2.75) is 12.3 Å². The van der Waals surface area contributed by atoms with Gasteiger partial charge in [0.25, 0.3) is 0 Å². The first-order chi connectivity index (χ1) is 14.8. The number of nitrogens with one attached hydrogen (secondary N) is 1. The first-order valence-electron chi connectivity index (χ1n) is 10.1. The van der Waals surface area contributed by atoms with E-state index in [1.165, 1.54) is 16.7 Å². The molecule has 146 valence electrons. The second-order valence-electron chi connectivity index (χ2n) is 7.62. The average Bonchev–Trinajstić information content (AvgIpc) is 3.61. The second kappa shape index (κ2) is 7.91. The fraction of sp³-hybridized carbons (Fsp3) is 0.115. The van der Waals surface area contributed by atoms with E-state index in [2.05, 4.69) is 51.9 Å². The molecule has 5 rings (SSSR count). The summed E-state index contributed by atoms with van der Waals surface area (Å²) in [4.78, 5) is 16.6. The first-order valence-corrected chi connectivity index (χ1v) is 10.1. The molecule has 4 aromatic rings. The van der Waals surface area contributed by atoms with Crippen LogP contribution in [0.1, 0.15) is 23.5 Å². The van der Waals surface area contributed by atoms with Crippen molar-refractivity contribution in [3.05, 3.63) is 102 Å². The minimum absolute atomic E-state index is 0.0126. The Bertz CT molecular complexity index is 1210. The maximum absolute atomic E-state index is 12.5. The average molecular weight is 391 g/mol. The Hall–Kier alpha value is -3.79. The minimum atomic E-state index is -0.0229. The van der Waals surface area contributed by atoms with E-state index in [1.54, 1.807) is 12.4 Å². The van der Waals surface area contributed by atoms with E-state index in [9.17, 15) is 4.79 Å². The van der Waals surface area contributed by atoms with E-state index in [1.807, 2.05) is 48.7 Å². The van der Waals surface area contributed by atoms with Gasteiger partial charge in [-0.05, 0) is 40.5 Å². The number of amides is 1. The van der Waals surface area contributed by atoms with E-state index in [-0.39, 0.29) is 17.7 Å². The molecule has 1 fully saturated rings. The Labute approximate surface area is 175 Å². The van der Waals surface area contributed by atoms with Gasteiger partial charge in [0.15, 0.2) is 0 Å². The summed E-state index contributed by atoms with van der Waals surface area (Å²) in [5, 5.41) is 6.30. The summed E-state index contributed by atoms with van der Waals surface area (Å²) < 4.78 is 0. The fourth-order valence-electron chi connectivity index (χ4n) is 3.92. The highest BCUT2D eigenvalue weighted by Crippen LogP contribution is 2.47. The zero-order valence-corrected chi connectivity index (χ0v) is 16.4. The number of benzene rings is 3. The van der Waals surface area contributed by atoms with Gasteiger partial charge in [-0.25, -0.2) is 5.43 Å². The summed E-state index contributed by atoms with van der Waals surface area (Å²) in [7, 11) is 0. The van der Waals surface area contributed by atoms with Crippen molar-refractivity contribution in [1.82, 2.24) is 10.4 Å². The number of pyridine rings is 1. The maximum atomic E-state index is 12.5. The molecule has 3 aromatic carbocycles. The molecule has 1 aromatic heterocycles. The number of rotatable bonds is 5. The van der Waals surface area contributed by atoms with Gasteiger partial charge in [-0.1, -0.05) is 72.8 Å². The molecule has 0 radical (unpaired) electrons. The van der Waals surface area contributed by atoms with E-state index in [0.717, 1.165) is 22.8 Å². The van der Waals surface area contributed by atoms with Gasteiger partial charge in [-0.3, -0.25) is 9.78 Å². The van der Waals surface area contributed by atoms with Crippen molar-refractivity contribution >= 4 is 22.9 Å². The molecule has 1 heterocycles. The van der Waals surface area contributed by atoms with Gasteiger partial charge in [0.05, 0.1) is 6.21 Å². The molecular weight excluding hydrogens is 370 g/mol. The van der Waals surface area contributed by atoms with Gasteiger partial charge in [-0.2, -0.15) is 5.10 Å². The van der Waals surface area contributed by atoms with Gasteiger partial charge in [-0.15, -0.1) is 0 Å². The van der Waals surface area contributed by atoms with Crippen molar-refractivity contribution in [1.29, 1.82) is 0 Å². The van der Waals surface area contributed by atoms with Crippen LogP contribution >= 0.6 is 0 Å². The predicted molar refractivity (Wildman–Crippen MR) is 120 cm³/mol. The quantitative estimate of drug-likeness (QED) is 0.378. The monoisotopic (exact) mass is 391 g/mol. The molecule has 0 saturated heterocycles. The van der Waals surface area contributed by atoms with E-state index >= 15 is 0 Å². The number of hydrogen-bond donors (Lipinski definition) is 1. The van der Waals surface area contributed by atoms with E-state index in [0.29, 0.717) is 0 Å². The van der Waals surface area contributed by atoms with Crippen molar-refractivity contribution in [3.8, 4) is 11.1 Å². The molecule has 1 amide bonds. The second-order valence-corrected chi connectivity index (χ2v) is 7.62. The molecule has 4 heteroatoms. The smallest absolute Gasteiger partial charge is 0.243 e. The lowest BCUT2D eigenvalue weighted by Crippen LogP contribution is -2.20. The molecule has 2 atom stereocenters. The molecule has 1 aliphatic carbocycles. The lowest BCUT2D eigenvalue weighted by atomic mass is 10.0. The molecule has 0 aliphatic heterocycles. The van der Waals surface area contributed by atoms with Crippen LogP contribution < -0.4 is 5.43 Å².